The molecular weight excluding hydrogens is 1000 g/mol. The van der Waals surface area contributed by atoms with Gasteiger partial charge in [0.2, 0.25) is 0 Å². The summed E-state index contributed by atoms with van der Waals surface area (Å²) in [6, 6.07) is 115. The van der Waals surface area contributed by atoms with Crippen molar-refractivity contribution in [2.45, 2.75) is 0 Å². The Kier molecular flexibility index (Phi) is 10.7. The maximum atomic E-state index is 2.65. The van der Waals surface area contributed by atoms with Crippen LogP contribution in [-0.4, -0.2) is 11.3 Å². The third kappa shape index (κ3) is 7.41. The standard InChI is InChI=1S/C78H51BN4/c1-6-23-52(24-7-1)55-29-22-34-60(45-55)82-74-49-61(81-71-39-20-18-37-65(71)66-38-19-21-40-72(66)81)42-43-69(74)79-70-48-57(54-27-10-3-11-28-54)47-68-64-36-17-16-35-63(64)67-46-56(53-25-8-2-9-26-53)41-44-73(67)83(78(68)70)76-51-62(50-75(82)77(76)79)80(58-30-12-4-13-31-58)59-32-14-5-15-33-59/h1-51H. The summed E-state index contributed by atoms with van der Waals surface area (Å²) in [5.41, 5.74) is 29.1. The molecule has 0 atom stereocenters. The van der Waals surface area contributed by atoms with Gasteiger partial charge in [0.1, 0.15) is 0 Å². The Morgan fingerprint density at radius 2 is 0.771 bits per heavy atom. The Bertz CT molecular complexity index is 4770. The van der Waals surface area contributed by atoms with E-state index < -0.39 is 0 Å². The predicted octanol–water partition coefficient (Wildman–Crippen LogP) is 19.0. The largest absolute Gasteiger partial charge is 0.311 e. The van der Waals surface area contributed by atoms with E-state index in [1.54, 1.807) is 0 Å². The lowest BCUT2D eigenvalue weighted by Crippen LogP contribution is -2.61. The van der Waals surface area contributed by atoms with E-state index >= 15 is 0 Å². The number of hydrogen-bond donors (Lipinski definition) is 0. The molecule has 0 radical (unpaired) electrons. The van der Waals surface area contributed by atoms with E-state index in [4.69, 9.17) is 0 Å². The van der Waals surface area contributed by atoms with Crippen LogP contribution in [0.25, 0.3) is 83.1 Å². The minimum Gasteiger partial charge on any atom is -0.311 e. The molecule has 0 fully saturated rings. The van der Waals surface area contributed by atoms with Crippen molar-refractivity contribution in [1.29, 1.82) is 0 Å². The van der Waals surface area contributed by atoms with Crippen molar-refractivity contribution in [3.63, 3.8) is 0 Å². The average Bonchev–Trinajstić information content (AvgIpc) is 1.78. The minimum atomic E-state index is -0.183. The molecule has 14 aromatic rings. The first-order valence-corrected chi connectivity index (χ1v) is 28.7. The topological polar surface area (TPSA) is 14.7 Å². The maximum Gasteiger partial charge on any atom is 0.252 e. The molecule has 4 nitrogen and oxygen atoms in total. The molecule has 3 aliphatic rings. The first-order chi connectivity index (χ1) is 41.2. The maximum absolute atomic E-state index is 2.65. The van der Waals surface area contributed by atoms with Gasteiger partial charge >= 0.3 is 0 Å². The Morgan fingerprint density at radius 3 is 1.40 bits per heavy atom. The fraction of sp³-hybridized carbons (Fsp3) is 0. The van der Waals surface area contributed by atoms with Gasteiger partial charge in [-0.25, -0.2) is 0 Å². The summed E-state index contributed by atoms with van der Waals surface area (Å²) < 4.78 is 2.47. The molecule has 0 spiro atoms. The summed E-state index contributed by atoms with van der Waals surface area (Å²) in [4.78, 5) is 7.67. The summed E-state index contributed by atoms with van der Waals surface area (Å²) >= 11 is 0. The SMILES string of the molecule is c1ccc(-c2cccc(N3c4cc(-n5c6ccccc6c6ccccc65)ccc4B4c5cc(-c6ccccc6)cc6c5N(c5ccc(-c7ccccc7)cc5-c5ccccc5-6)c5cc(N(c6ccccc6)c6ccccc6)cc3c54)c2)cc1. The number of rotatable bonds is 8. The van der Waals surface area contributed by atoms with Gasteiger partial charge in [-0.1, -0.05) is 218 Å². The van der Waals surface area contributed by atoms with Gasteiger partial charge in [0, 0.05) is 67.4 Å². The molecule has 0 saturated carbocycles. The molecule has 0 aliphatic carbocycles. The first-order valence-electron chi connectivity index (χ1n) is 28.7. The highest BCUT2D eigenvalue weighted by molar-refractivity contribution is 7.00. The Balaban J connectivity index is 1.03. The van der Waals surface area contributed by atoms with Crippen molar-refractivity contribution in [3.8, 4) is 61.3 Å². The third-order valence-electron chi connectivity index (χ3n) is 17.4. The van der Waals surface area contributed by atoms with Crippen molar-refractivity contribution >= 4 is 96.1 Å². The lowest BCUT2D eigenvalue weighted by molar-refractivity contribution is 1.17. The van der Waals surface area contributed by atoms with Crippen LogP contribution in [0, 0.1) is 0 Å². The molecule has 1 aromatic heterocycles. The Hall–Kier alpha value is -10.9. The van der Waals surface area contributed by atoms with Crippen molar-refractivity contribution in [2.75, 3.05) is 14.7 Å². The molecule has 386 valence electrons. The molecule has 83 heavy (non-hydrogen) atoms. The van der Waals surface area contributed by atoms with Crippen LogP contribution in [0.3, 0.4) is 0 Å². The number of anilines is 9. The molecule has 0 saturated heterocycles. The van der Waals surface area contributed by atoms with E-state index in [9.17, 15) is 0 Å². The monoisotopic (exact) mass is 1050 g/mol. The molecule has 13 aromatic carbocycles. The molecule has 4 heterocycles. The lowest BCUT2D eigenvalue weighted by atomic mass is 9.33. The van der Waals surface area contributed by atoms with E-state index in [-0.39, 0.29) is 6.71 Å². The van der Waals surface area contributed by atoms with Gasteiger partial charge < -0.3 is 19.3 Å². The summed E-state index contributed by atoms with van der Waals surface area (Å²) in [6.45, 7) is -0.183. The van der Waals surface area contributed by atoms with Gasteiger partial charge in [0.15, 0.2) is 0 Å². The molecular formula is C78H51BN4. The van der Waals surface area contributed by atoms with E-state index in [2.05, 4.69) is 329 Å². The predicted molar refractivity (Wildman–Crippen MR) is 350 cm³/mol. The van der Waals surface area contributed by atoms with Crippen molar-refractivity contribution in [3.05, 3.63) is 309 Å². The second-order valence-electron chi connectivity index (χ2n) is 22.0. The third-order valence-corrected chi connectivity index (χ3v) is 17.4. The van der Waals surface area contributed by atoms with E-state index in [1.807, 2.05) is 0 Å². The number of hydrogen-bond acceptors (Lipinski definition) is 3. The zero-order valence-electron chi connectivity index (χ0n) is 45.3. The zero-order valence-corrected chi connectivity index (χ0v) is 45.3. The van der Waals surface area contributed by atoms with Crippen LogP contribution in [0.15, 0.2) is 309 Å². The Morgan fingerprint density at radius 1 is 0.265 bits per heavy atom. The van der Waals surface area contributed by atoms with Gasteiger partial charge in [-0.15, -0.1) is 0 Å². The van der Waals surface area contributed by atoms with Crippen LogP contribution < -0.4 is 31.1 Å². The van der Waals surface area contributed by atoms with Crippen molar-refractivity contribution in [1.82, 2.24) is 4.57 Å². The highest BCUT2D eigenvalue weighted by Crippen LogP contribution is 2.56. The molecule has 0 N–H and O–H groups in total. The van der Waals surface area contributed by atoms with Crippen LogP contribution in [0.5, 0.6) is 0 Å². The smallest absolute Gasteiger partial charge is 0.252 e. The minimum absolute atomic E-state index is 0.183. The number of fused-ring (bicyclic) bond motifs is 12. The normalized spacial score (nSPS) is 12.5. The highest BCUT2D eigenvalue weighted by atomic mass is 15.2. The summed E-state index contributed by atoms with van der Waals surface area (Å²) in [6.07, 6.45) is 0. The van der Waals surface area contributed by atoms with Crippen LogP contribution in [0.2, 0.25) is 0 Å². The quantitative estimate of drug-likeness (QED) is 0.141. The fourth-order valence-electron chi connectivity index (χ4n) is 13.9. The van der Waals surface area contributed by atoms with Gasteiger partial charge in [0.25, 0.3) is 6.71 Å². The molecule has 17 rings (SSSR count). The second-order valence-corrected chi connectivity index (χ2v) is 22.0. The summed E-state index contributed by atoms with van der Waals surface area (Å²) in [7, 11) is 0. The zero-order chi connectivity index (χ0) is 54.5. The van der Waals surface area contributed by atoms with E-state index in [1.165, 1.54) is 94.0 Å². The van der Waals surface area contributed by atoms with Gasteiger partial charge in [-0.2, -0.15) is 0 Å². The van der Waals surface area contributed by atoms with Crippen LogP contribution in [0.4, 0.5) is 51.2 Å². The van der Waals surface area contributed by atoms with Crippen LogP contribution >= 0.6 is 0 Å². The fourth-order valence-corrected chi connectivity index (χ4v) is 13.9. The van der Waals surface area contributed by atoms with Crippen molar-refractivity contribution < 1.29 is 0 Å². The van der Waals surface area contributed by atoms with E-state index in [0.29, 0.717) is 0 Å². The number of para-hydroxylation sites is 4. The van der Waals surface area contributed by atoms with Crippen LogP contribution in [-0.2, 0) is 0 Å². The molecule has 5 heteroatoms. The van der Waals surface area contributed by atoms with Gasteiger partial charge in [0.05, 0.1) is 22.4 Å². The van der Waals surface area contributed by atoms with Crippen molar-refractivity contribution in [2.24, 2.45) is 0 Å². The van der Waals surface area contributed by atoms with E-state index in [0.717, 1.165) is 56.7 Å². The lowest BCUT2D eigenvalue weighted by Gasteiger charge is -2.45. The molecule has 0 bridgehead atoms. The molecule has 3 aliphatic heterocycles. The molecule has 0 amide bonds. The number of nitrogens with zero attached hydrogens (tertiary/aromatic N) is 4. The van der Waals surface area contributed by atoms with Gasteiger partial charge in [-0.3, -0.25) is 0 Å². The summed E-state index contributed by atoms with van der Waals surface area (Å²) in [5, 5.41) is 2.47. The highest BCUT2D eigenvalue weighted by Gasteiger charge is 2.46. The Labute approximate surface area is 483 Å². The number of aromatic nitrogens is 1. The molecule has 0 unspecified atom stereocenters. The summed E-state index contributed by atoms with van der Waals surface area (Å²) in [5.74, 6) is 0. The van der Waals surface area contributed by atoms with Crippen LogP contribution in [0.1, 0.15) is 0 Å². The van der Waals surface area contributed by atoms with Gasteiger partial charge in [-0.05, 0) is 152 Å². The average molecular weight is 1060 g/mol. The second kappa shape index (κ2) is 18.9. The first kappa shape index (κ1) is 47.0. The number of benzene rings is 13.